The molecule has 0 spiro atoms. The molecule has 0 saturated heterocycles. The van der Waals surface area contributed by atoms with Crippen LogP contribution in [0.4, 0.5) is 0 Å². The van der Waals surface area contributed by atoms with Crippen molar-refractivity contribution in [1.82, 2.24) is 5.32 Å². The van der Waals surface area contributed by atoms with Crippen molar-refractivity contribution in [2.75, 3.05) is 13.2 Å². The van der Waals surface area contributed by atoms with Crippen molar-refractivity contribution in [3.05, 3.63) is 21.9 Å². The van der Waals surface area contributed by atoms with Gasteiger partial charge in [0, 0.05) is 11.4 Å². The molecule has 0 bridgehead atoms. The van der Waals surface area contributed by atoms with E-state index in [1.165, 1.54) is 0 Å². The van der Waals surface area contributed by atoms with Gasteiger partial charge in [-0.2, -0.15) is 5.26 Å². The zero-order chi connectivity index (χ0) is 9.68. The Morgan fingerprint density at radius 2 is 2.54 bits per heavy atom. The van der Waals surface area contributed by atoms with Crippen molar-refractivity contribution < 1.29 is 5.11 Å². The highest BCUT2D eigenvalue weighted by molar-refractivity contribution is 7.10. The Bertz CT molecular complexity index is 303. The molecule has 0 radical (unpaired) electrons. The number of aliphatic hydroxyl groups is 1. The summed E-state index contributed by atoms with van der Waals surface area (Å²) in [6, 6.07) is 3.87. The molecule has 1 unspecified atom stereocenters. The van der Waals surface area contributed by atoms with Gasteiger partial charge in [-0.15, -0.1) is 11.3 Å². The van der Waals surface area contributed by atoms with Gasteiger partial charge in [0.2, 0.25) is 0 Å². The number of aliphatic hydroxyl groups excluding tert-OH is 1. The molecule has 0 fully saturated rings. The zero-order valence-electron chi connectivity index (χ0n) is 7.45. The fourth-order valence-corrected chi connectivity index (χ4v) is 2.03. The van der Waals surface area contributed by atoms with Crippen LogP contribution in [0.25, 0.3) is 0 Å². The number of rotatable bonds is 4. The molecule has 4 heteroatoms. The molecule has 2 N–H and O–H groups in total. The standard InChI is InChI=1S/C9H12N2OS/c1-7-2-5-13-9(7)8(6-10)11-3-4-12/h2,5,8,11-12H,3-4H2,1H3. The average Bonchev–Trinajstić information content (AvgIpc) is 2.54. The molecule has 70 valence electrons. The van der Waals surface area contributed by atoms with Gasteiger partial charge >= 0.3 is 0 Å². The molecule has 0 amide bonds. The van der Waals surface area contributed by atoms with Crippen LogP contribution in [-0.2, 0) is 0 Å². The number of hydrogen-bond donors (Lipinski definition) is 2. The summed E-state index contributed by atoms with van der Waals surface area (Å²) in [5, 5.41) is 22.4. The number of nitriles is 1. The number of aryl methyl sites for hydroxylation is 1. The largest absolute Gasteiger partial charge is 0.395 e. The second-order valence-corrected chi connectivity index (χ2v) is 3.66. The molecule has 1 atom stereocenters. The van der Waals surface area contributed by atoms with E-state index in [1.54, 1.807) is 11.3 Å². The second kappa shape index (κ2) is 4.97. The van der Waals surface area contributed by atoms with Crippen LogP contribution in [0.5, 0.6) is 0 Å². The van der Waals surface area contributed by atoms with Crippen molar-refractivity contribution in [1.29, 1.82) is 5.26 Å². The van der Waals surface area contributed by atoms with Crippen molar-refractivity contribution >= 4 is 11.3 Å². The molecule has 0 aliphatic rings. The molecule has 3 nitrogen and oxygen atoms in total. The highest BCUT2D eigenvalue weighted by Gasteiger charge is 2.12. The predicted octanol–water partition coefficient (Wildman–Crippen LogP) is 1.20. The molecule has 0 aromatic carbocycles. The lowest BCUT2D eigenvalue weighted by Gasteiger charge is -2.09. The maximum atomic E-state index is 8.86. The Labute approximate surface area is 81.6 Å². The summed E-state index contributed by atoms with van der Waals surface area (Å²) in [4.78, 5) is 1.04. The van der Waals surface area contributed by atoms with Gasteiger partial charge in [-0.3, -0.25) is 5.32 Å². The zero-order valence-corrected chi connectivity index (χ0v) is 8.27. The van der Waals surface area contributed by atoms with Gasteiger partial charge in [0.1, 0.15) is 6.04 Å². The van der Waals surface area contributed by atoms with Crippen LogP contribution >= 0.6 is 11.3 Å². The summed E-state index contributed by atoms with van der Waals surface area (Å²) in [7, 11) is 0. The minimum atomic E-state index is -0.285. The molecule has 1 aromatic heterocycles. The van der Waals surface area contributed by atoms with Gasteiger partial charge in [-0.25, -0.2) is 0 Å². The van der Waals surface area contributed by atoms with Gasteiger partial charge in [0.15, 0.2) is 0 Å². The number of nitrogens with zero attached hydrogens (tertiary/aromatic N) is 1. The highest BCUT2D eigenvalue weighted by Crippen LogP contribution is 2.22. The molecule has 13 heavy (non-hydrogen) atoms. The van der Waals surface area contributed by atoms with E-state index in [1.807, 2.05) is 18.4 Å². The Balaban J connectivity index is 2.68. The van der Waals surface area contributed by atoms with E-state index in [4.69, 9.17) is 10.4 Å². The first kappa shape index (κ1) is 10.2. The first-order valence-corrected chi connectivity index (χ1v) is 4.95. The molecule has 0 aliphatic heterocycles. The summed E-state index contributed by atoms with van der Waals surface area (Å²) in [5.41, 5.74) is 1.13. The average molecular weight is 196 g/mol. The van der Waals surface area contributed by atoms with Crippen LogP contribution in [0, 0.1) is 18.3 Å². The number of thiophene rings is 1. The van der Waals surface area contributed by atoms with E-state index in [2.05, 4.69) is 11.4 Å². The van der Waals surface area contributed by atoms with Crippen molar-refractivity contribution in [3.63, 3.8) is 0 Å². The minimum Gasteiger partial charge on any atom is -0.395 e. The van der Waals surface area contributed by atoms with E-state index in [0.29, 0.717) is 6.54 Å². The van der Waals surface area contributed by atoms with E-state index >= 15 is 0 Å². The van der Waals surface area contributed by atoms with E-state index in [-0.39, 0.29) is 12.6 Å². The third-order valence-electron chi connectivity index (χ3n) is 1.75. The molecule has 1 rings (SSSR count). The van der Waals surface area contributed by atoms with Crippen molar-refractivity contribution in [2.24, 2.45) is 0 Å². The summed E-state index contributed by atoms with van der Waals surface area (Å²) in [6.45, 7) is 2.50. The smallest absolute Gasteiger partial charge is 0.130 e. The SMILES string of the molecule is Cc1ccsc1C(C#N)NCCO. The maximum absolute atomic E-state index is 8.86. The third kappa shape index (κ3) is 2.52. The fourth-order valence-electron chi connectivity index (χ4n) is 1.09. The third-order valence-corrected chi connectivity index (χ3v) is 2.84. The monoisotopic (exact) mass is 196 g/mol. The Kier molecular flexibility index (Phi) is 3.90. The topological polar surface area (TPSA) is 56.0 Å². The van der Waals surface area contributed by atoms with Crippen molar-refractivity contribution in [2.45, 2.75) is 13.0 Å². The summed E-state index contributed by atoms with van der Waals surface area (Å²) >= 11 is 1.57. The van der Waals surface area contributed by atoms with Crippen LogP contribution in [0.1, 0.15) is 16.5 Å². The highest BCUT2D eigenvalue weighted by atomic mass is 32.1. The number of hydrogen-bond acceptors (Lipinski definition) is 4. The fraction of sp³-hybridized carbons (Fsp3) is 0.444. The maximum Gasteiger partial charge on any atom is 0.130 e. The van der Waals surface area contributed by atoms with Crippen LogP contribution in [-0.4, -0.2) is 18.3 Å². The second-order valence-electron chi connectivity index (χ2n) is 2.71. The van der Waals surface area contributed by atoms with E-state index in [0.717, 1.165) is 10.4 Å². The molecule has 0 saturated carbocycles. The van der Waals surface area contributed by atoms with Gasteiger partial charge in [0.25, 0.3) is 0 Å². The molecule has 0 aliphatic carbocycles. The van der Waals surface area contributed by atoms with E-state index in [9.17, 15) is 0 Å². The van der Waals surface area contributed by atoms with Crippen LogP contribution in [0.15, 0.2) is 11.4 Å². The summed E-state index contributed by atoms with van der Waals surface area (Å²) in [6.07, 6.45) is 0. The van der Waals surface area contributed by atoms with Crippen LogP contribution in [0.3, 0.4) is 0 Å². The van der Waals surface area contributed by atoms with E-state index < -0.39 is 0 Å². The van der Waals surface area contributed by atoms with Gasteiger partial charge in [-0.1, -0.05) is 0 Å². The van der Waals surface area contributed by atoms with Crippen LogP contribution < -0.4 is 5.32 Å². The first-order valence-electron chi connectivity index (χ1n) is 4.07. The molecule has 1 heterocycles. The van der Waals surface area contributed by atoms with Gasteiger partial charge < -0.3 is 5.11 Å². The minimum absolute atomic E-state index is 0.0581. The van der Waals surface area contributed by atoms with Gasteiger partial charge in [0.05, 0.1) is 12.7 Å². The molecule has 1 aromatic rings. The molecular weight excluding hydrogens is 184 g/mol. The molecular formula is C9H12N2OS. The quantitative estimate of drug-likeness (QED) is 0.761. The Morgan fingerprint density at radius 3 is 3.00 bits per heavy atom. The van der Waals surface area contributed by atoms with Crippen LogP contribution in [0.2, 0.25) is 0 Å². The van der Waals surface area contributed by atoms with Crippen molar-refractivity contribution in [3.8, 4) is 6.07 Å². The lowest BCUT2D eigenvalue weighted by molar-refractivity contribution is 0.289. The Hall–Kier alpha value is -0.890. The normalized spacial score (nSPS) is 12.4. The number of nitrogens with one attached hydrogen (secondary N) is 1. The lowest BCUT2D eigenvalue weighted by Crippen LogP contribution is -2.22. The predicted molar refractivity (Wildman–Crippen MR) is 52.5 cm³/mol. The summed E-state index contributed by atoms with van der Waals surface area (Å²) in [5.74, 6) is 0. The lowest BCUT2D eigenvalue weighted by atomic mass is 10.2. The summed E-state index contributed by atoms with van der Waals surface area (Å²) < 4.78 is 0. The first-order chi connectivity index (χ1) is 6.29. The van der Waals surface area contributed by atoms with Gasteiger partial charge in [-0.05, 0) is 23.9 Å². The Morgan fingerprint density at radius 1 is 1.77 bits per heavy atom.